The van der Waals surface area contributed by atoms with E-state index in [1.54, 1.807) is 36.2 Å². The van der Waals surface area contributed by atoms with Gasteiger partial charge in [0.05, 0.1) is 0 Å². The van der Waals surface area contributed by atoms with E-state index in [1.165, 1.54) is 0 Å². The molecule has 6 heteroatoms. The van der Waals surface area contributed by atoms with Crippen LogP contribution in [-0.2, 0) is 6.54 Å². The Kier molecular flexibility index (Phi) is 5.47. The molecule has 3 rings (SSSR count). The summed E-state index contributed by atoms with van der Waals surface area (Å²) in [5.41, 5.74) is 3.09. The van der Waals surface area contributed by atoms with Crippen LogP contribution in [0.25, 0.3) is 0 Å². The van der Waals surface area contributed by atoms with E-state index in [9.17, 15) is 9.59 Å². The number of anilines is 1. The van der Waals surface area contributed by atoms with Crippen LogP contribution in [0, 0.1) is 6.92 Å². The van der Waals surface area contributed by atoms with Crippen LogP contribution in [0.5, 0.6) is 0 Å². The molecule has 1 aliphatic rings. The van der Waals surface area contributed by atoms with Gasteiger partial charge in [-0.25, -0.2) is 4.79 Å². The molecule has 0 aliphatic heterocycles. The lowest BCUT2D eigenvalue weighted by atomic mass is 10.1. The minimum absolute atomic E-state index is 0.0995. The van der Waals surface area contributed by atoms with Gasteiger partial charge in [0.1, 0.15) is 0 Å². The van der Waals surface area contributed by atoms with Crippen molar-refractivity contribution in [1.29, 1.82) is 0 Å². The van der Waals surface area contributed by atoms with Crippen molar-refractivity contribution in [2.24, 2.45) is 0 Å². The maximum atomic E-state index is 12.5. The number of hydrogen-bond acceptors (Lipinski definition) is 2. The zero-order chi connectivity index (χ0) is 18.7. The fourth-order valence-corrected chi connectivity index (χ4v) is 2.67. The van der Waals surface area contributed by atoms with Crippen LogP contribution in [0.4, 0.5) is 10.5 Å². The Balaban J connectivity index is 1.65. The van der Waals surface area contributed by atoms with Gasteiger partial charge in [-0.05, 0) is 55.2 Å². The summed E-state index contributed by atoms with van der Waals surface area (Å²) >= 11 is 5.89. The number of amides is 3. The van der Waals surface area contributed by atoms with Crippen LogP contribution in [0.1, 0.15) is 34.3 Å². The van der Waals surface area contributed by atoms with Gasteiger partial charge in [0.15, 0.2) is 0 Å². The predicted molar refractivity (Wildman–Crippen MR) is 104 cm³/mol. The molecule has 0 bridgehead atoms. The molecule has 2 aromatic rings. The van der Waals surface area contributed by atoms with Gasteiger partial charge in [-0.2, -0.15) is 0 Å². The highest BCUT2D eigenvalue weighted by Crippen LogP contribution is 2.21. The number of rotatable bonds is 5. The zero-order valence-electron chi connectivity index (χ0n) is 14.9. The van der Waals surface area contributed by atoms with Crippen molar-refractivity contribution in [3.8, 4) is 0 Å². The maximum absolute atomic E-state index is 12.5. The molecular weight excluding hydrogens is 350 g/mol. The molecule has 3 amide bonds. The topological polar surface area (TPSA) is 61.4 Å². The SMILES string of the molecule is Cc1ccc(C(=O)NC2CC2)cc1NC(=O)N(C)Cc1ccc(Cl)cc1. The van der Waals surface area contributed by atoms with Crippen LogP contribution in [0.2, 0.25) is 5.02 Å². The van der Waals surface area contributed by atoms with Gasteiger partial charge < -0.3 is 15.5 Å². The molecule has 5 nitrogen and oxygen atoms in total. The number of halogens is 1. The summed E-state index contributed by atoms with van der Waals surface area (Å²) in [6, 6.07) is 12.8. The van der Waals surface area contributed by atoms with Crippen LogP contribution in [0.3, 0.4) is 0 Å². The standard InChI is InChI=1S/C20H22ClN3O2/c1-13-3-6-15(19(25)22-17-9-10-17)11-18(13)23-20(26)24(2)12-14-4-7-16(21)8-5-14/h3-8,11,17H,9-10,12H2,1-2H3,(H,22,25)(H,23,26). The molecule has 0 spiro atoms. The molecule has 26 heavy (non-hydrogen) atoms. The van der Waals surface area contributed by atoms with E-state index in [0.717, 1.165) is 24.0 Å². The molecule has 0 saturated heterocycles. The summed E-state index contributed by atoms with van der Waals surface area (Å²) in [6.07, 6.45) is 2.08. The van der Waals surface area contributed by atoms with Gasteiger partial charge in [0.2, 0.25) is 0 Å². The summed E-state index contributed by atoms with van der Waals surface area (Å²) in [4.78, 5) is 26.3. The van der Waals surface area contributed by atoms with Crippen molar-refractivity contribution in [3.05, 3.63) is 64.2 Å². The molecule has 1 aliphatic carbocycles. The Morgan fingerprint density at radius 2 is 1.85 bits per heavy atom. The minimum atomic E-state index is -0.234. The highest BCUT2D eigenvalue weighted by atomic mass is 35.5. The van der Waals surface area contributed by atoms with Crippen molar-refractivity contribution < 1.29 is 9.59 Å². The van der Waals surface area contributed by atoms with Crippen molar-refractivity contribution in [3.63, 3.8) is 0 Å². The van der Waals surface area contributed by atoms with E-state index in [4.69, 9.17) is 11.6 Å². The lowest BCUT2D eigenvalue weighted by Gasteiger charge is -2.19. The van der Waals surface area contributed by atoms with E-state index >= 15 is 0 Å². The first-order valence-electron chi connectivity index (χ1n) is 8.60. The first-order chi connectivity index (χ1) is 12.4. The summed E-state index contributed by atoms with van der Waals surface area (Å²) in [6.45, 7) is 2.36. The van der Waals surface area contributed by atoms with E-state index in [-0.39, 0.29) is 11.9 Å². The molecule has 0 atom stereocenters. The molecule has 0 unspecified atom stereocenters. The minimum Gasteiger partial charge on any atom is -0.349 e. The molecule has 1 saturated carbocycles. The molecule has 2 N–H and O–H groups in total. The summed E-state index contributed by atoms with van der Waals surface area (Å²) < 4.78 is 0. The van der Waals surface area contributed by atoms with E-state index < -0.39 is 0 Å². The molecular formula is C20H22ClN3O2. The van der Waals surface area contributed by atoms with Gasteiger partial charge in [0, 0.05) is 35.9 Å². The Morgan fingerprint density at radius 1 is 1.15 bits per heavy atom. The van der Waals surface area contributed by atoms with Crippen molar-refractivity contribution in [2.75, 3.05) is 12.4 Å². The van der Waals surface area contributed by atoms with Gasteiger partial charge in [-0.15, -0.1) is 0 Å². The predicted octanol–water partition coefficient (Wildman–Crippen LogP) is 4.20. The first kappa shape index (κ1) is 18.3. The fraction of sp³-hybridized carbons (Fsp3) is 0.300. The van der Waals surface area contributed by atoms with Crippen LogP contribution in [-0.4, -0.2) is 29.9 Å². The molecule has 136 valence electrons. The third-order valence-corrected chi connectivity index (χ3v) is 4.59. The maximum Gasteiger partial charge on any atom is 0.321 e. The fourth-order valence-electron chi connectivity index (χ4n) is 2.54. The largest absolute Gasteiger partial charge is 0.349 e. The Bertz CT molecular complexity index is 816. The highest BCUT2D eigenvalue weighted by Gasteiger charge is 2.24. The van der Waals surface area contributed by atoms with Gasteiger partial charge in [-0.3, -0.25) is 4.79 Å². The molecule has 0 aromatic heterocycles. The van der Waals surface area contributed by atoms with E-state index in [1.807, 2.05) is 25.1 Å². The second kappa shape index (κ2) is 7.79. The average Bonchev–Trinajstić information content (AvgIpc) is 3.42. The Hall–Kier alpha value is -2.53. The van der Waals surface area contributed by atoms with Crippen LogP contribution >= 0.6 is 11.6 Å². The molecule has 0 heterocycles. The lowest BCUT2D eigenvalue weighted by Crippen LogP contribution is -2.31. The van der Waals surface area contributed by atoms with Gasteiger partial charge >= 0.3 is 6.03 Å². The van der Waals surface area contributed by atoms with Gasteiger partial charge in [0.25, 0.3) is 5.91 Å². The molecule has 2 aromatic carbocycles. The van der Waals surface area contributed by atoms with Crippen molar-refractivity contribution >= 4 is 29.2 Å². The third kappa shape index (κ3) is 4.76. The zero-order valence-corrected chi connectivity index (χ0v) is 15.6. The first-order valence-corrected chi connectivity index (χ1v) is 8.98. The molecule has 0 radical (unpaired) electrons. The second-order valence-electron chi connectivity index (χ2n) is 6.69. The smallest absolute Gasteiger partial charge is 0.321 e. The van der Waals surface area contributed by atoms with Gasteiger partial charge in [-0.1, -0.05) is 29.8 Å². The number of hydrogen-bond donors (Lipinski definition) is 2. The lowest BCUT2D eigenvalue weighted by molar-refractivity contribution is 0.0951. The number of aryl methyl sites for hydroxylation is 1. The monoisotopic (exact) mass is 371 g/mol. The summed E-state index contributed by atoms with van der Waals surface area (Å²) in [5.74, 6) is -0.0995. The second-order valence-corrected chi connectivity index (χ2v) is 7.13. The van der Waals surface area contributed by atoms with E-state index in [2.05, 4.69) is 10.6 Å². The Labute approximate surface area is 158 Å². The van der Waals surface area contributed by atoms with Crippen LogP contribution in [0.15, 0.2) is 42.5 Å². The number of nitrogens with one attached hydrogen (secondary N) is 2. The quantitative estimate of drug-likeness (QED) is 0.827. The van der Waals surface area contributed by atoms with Crippen molar-refractivity contribution in [2.45, 2.75) is 32.4 Å². The average molecular weight is 372 g/mol. The van der Waals surface area contributed by atoms with Crippen LogP contribution < -0.4 is 10.6 Å². The number of benzene rings is 2. The Morgan fingerprint density at radius 3 is 2.50 bits per heavy atom. The number of carbonyl (C=O) groups excluding carboxylic acids is 2. The molecule has 1 fully saturated rings. The van der Waals surface area contributed by atoms with Crippen molar-refractivity contribution in [1.82, 2.24) is 10.2 Å². The number of urea groups is 1. The normalized spacial score (nSPS) is 13.2. The number of carbonyl (C=O) groups is 2. The highest BCUT2D eigenvalue weighted by molar-refractivity contribution is 6.30. The number of nitrogens with zero attached hydrogens (tertiary/aromatic N) is 1. The summed E-state index contributed by atoms with van der Waals surface area (Å²) in [7, 11) is 1.73. The third-order valence-electron chi connectivity index (χ3n) is 4.33. The summed E-state index contributed by atoms with van der Waals surface area (Å²) in [5, 5.41) is 6.51. The van der Waals surface area contributed by atoms with E-state index in [0.29, 0.717) is 28.9 Å².